The molecular weight excluding hydrogens is 514 g/mol. The number of hydrogen-bond acceptors (Lipinski definition) is 8. The molecular formula is C29H45N5O6. The number of carbonyl (C=O) groups is 2. The van der Waals surface area contributed by atoms with E-state index in [-0.39, 0.29) is 42.7 Å². The van der Waals surface area contributed by atoms with Gasteiger partial charge in [0.1, 0.15) is 11.3 Å². The summed E-state index contributed by atoms with van der Waals surface area (Å²) >= 11 is 0. The van der Waals surface area contributed by atoms with Crippen molar-refractivity contribution in [2.75, 3.05) is 46.6 Å². The third-order valence-corrected chi connectivity index (χ3v) is 6.67. The average Bonchev–Trinajstić information content (AvgIpc) is 3.31. The molecule has 2 heterocycles. The van der Waals surface area contributed by atoms with Gasteiger partial charge >= 0.3 is 6.09 Å². The van der Waals surface area contributed by atoms with E-state index >= 15 is 0 Å². The normalized spacial score (nSPS) is 17.8. The number of ether oxygens (including phenoxy) is 3. The average molecular weight is 560 g/mol. The molecule has 11 nitrogen and oxygen atoms in total. The van der Waals surface area contributed by atoms with E-state index < -0.39 is 11.7 Å². The lowest BCUT2D eigenvalue weighted by Crippen LogP contribution is -2.56. The molecule has 0 bridgehead atoms. The number of para-hydroxylation sites is 1. The molecule has 1 aromatic carbocycles. The second kappa shape index (κ2) is 14.0. The van der Waals surface area contributed by atoms with E-state index in [1.807, 2.05) is 65.8 Å². The Balaban J connectivity index is 1.98. The minimum Gasteiger partial charge on any atom is -0.444 e. The van der Waals surface area contributed by atoms with Crippen molar-refractivity contribution >= 4 is 12.0 Å². The first kappa shape index (κ1) is 31.5. The molecule has 11 heteroatoms. The van der Waals surface area contributed by atoms with E-state index in [1.165, 1.54) is 0 Å². The summed E-state index contributed by atoms with van der Waals surface area (Å²) in [7, 11) is 1.60. The Labute approximate surface area is 237 Å². The number of carbonyl (C=O) groups excluding carboxylic acids is 2. The van der Waals surface area contributed by atoms with Crippen LogP contribution in [0.5, 0.6) is 0 Å². The van der Waals surface area contributed by atoms with Crippen LogP contribution in [-0.2, 0) is 20.8 Å². The van der Waals surface area contributed by atoms with Crippen LogP contribution in [0.2, 0.25) is 0 Å². The van der Waals surface area contributed by atoms with E-state index in [0.717, 1.165) is 11.3 Å². The summed E-state index contributed by atoms with van der Waals surface area (Å²) in [5, 5.41) is 18.8. The molecule has 1 aromatic heterocycles. The van der Waals surface area contributed by atoms with Crippen LogP contribution in [-0.4, -0.2) is 100 Å². The molecule has 2 aromatic rings. The Morgan fingerprint density at radius 3 is 2.52 bits per heavy atom. The number of piperidine rings is 1. The summed E-state index contributed by atoms with van der Waals surface area (Å²) in [5.41, 5.74) is 1.88. The van der Waals surface area contributed by atoms with Gasteiger partial charge in [-0.15, -0.1) is 5.10 Å². The molecule has 222 valence electrons. The molecule has 0 unspecified atom stereocenters. The monoisotopic (exact) mass is 559 g/mol. The zero-order valence-electron chi connectivity index (χ0n) is 24.9. The van der Waals surface area contributed by atoms with Gasteiger partial charge in [0.25, 0.3) is 5.91 Å². The third-order valence-electron chi connectivity index (χ3n) is 6.67. The van der Waals surface area contributed by atoms with Crippen LogP contribution >= 0.6 is 0 Å². The summed E-state index contributed by atoms with van der Waals surface area (Å²) in [6.45, 7) is 13.4. The number of likely N-dealkylation sites (tertiary alicyclic amines) is 1. The van der Waals surface area contributed by atoms with Gasteiger partial charge < -0.3 is 29.1 Å². The predicted molar refractivity (Wildman–Crippen MR) is 150 cm³/mol. The second-order valence-corrected chi connectivity index (χ2v) is 11.8. The number of aliphatic hydroxyl groups is 1. The van der Waals surface area contributed by atoms with Crippen LogP contribution in [0, 0.1) is 18.8 Å². The fraction of sp³-hybridized carbons (Fsp3) is 0.655. The zero-order valence-corrected chi connectivity index (χ0v) is 24.9. The van der Waals surface area contributed by atoms with Crippen molar-refractivity contribution in [3.05, 3.63) is 41.2 Å². The number of aromatic nitrogens is 3. The van der Waals surface area contributed by atoms with Crippen molar-refractivity contribution in [1.29, 1.82) is 0 Å². The first-order valence-electron chi connectivity index (χ1n) is 13.9. The minimum atomic E-state index is -0.655. The molecule has 1 aliphatic heterocycles. The smallest absolute Gasteiger partial charge is 0.410 e. The third kappa shape index (κ3) is 8.25. The molecule has 2 amide bonds. The van der Waals surface area contributed by atoms with Crippen LogP contribution in [0.1, 0.15) is 62.8 Å². The summed E-state index contributed by atoms with van der Waals surface area (Å²) in [4.78, 5) is 30.6. The van der Waals surface area contributed by atoms with Gasteiger partial charge in [0, 0.05) is 39.3 Å². The maximum atomic E-state index is 14.3. The second-order valence-electron chi connectivity index (χ2n) is 11.8. The van der Waals surface area contributed by atoms with Gasteiger partial charge in [-0.2, -0.15) is 0 Å². The molecule has 1 N–H and O–H groups in total. The molecule has 0 radical (unpaired) electrons. The lowest BCUT2D eigenvalue weighted by molar-refractivity contribution is -0.00449. The van der Waals surface area contributed by atoms with Crippen LogP contribution in [0.3, 0.4) is 0 Å². The standard InChI is InChI=1S/C29H45N5O6/c1-20(2)15-33(23-14-22(18-35)16-32(17-23)28(37)40-29(4,5)6)27(36)26-25(19-39-13-12-38-7)34(31-30-26)24-11-9-8-10-21(24)3/h8-11,20,22-23,35H,12-19H2,1-7H3/t22-,23+/m1/s1. The lowest BCUT2D eigenvalue weighted by atomic mass is 9.93. The largest absolute Gasteiger partial charge is 0.444 e. The fourth-order valence-corrected chi connectivity index (χ4v) is 4.84. The molecule has 40 heavy (non-hydrogen) atoms. The van der Waals surface area contributed by atoms with E-state index in [1.54, 1.807) is 21.6 Å². The van der Waals surface area contributed by atoms with Crippen LogP contribution in [0.25, 0.3) is 5.69 Å². The lowest BCUT2D eigenvalue weighted by Gasteiger charge is -2.43. The predicted octanol–water partition coefficient (Wildman–Crippen LogP) is 3.45. The highest BCUT2D eigenvalue weighted by Crippen LogP contribution is 2.26. The van der Waals surface area contributed by atoms with Crippen molar-refractivity contribution in [2.45, 2.75) is 66.2 Å². The quantitative estimate of drug-likeness (QED) is 0.416. The summed E-state index contributed by atoms with van der Waals surface area (Å²) < 4.78 is 18.2. The van der Waals surface area contributed by atoms with Crippen LogP contribution < -0.4 is 0 Å². The van der Waals surface area contributed by atoms with Gasteiger partial charge in [-0.05, 0) is 51.7 Å². The van der Waals surface area contributed by atoms with Crippen molar-refractivity contribution in [3.8, 4) is 5.69 Å². The van der Waals surface area contributed by atoms with Crippen molar-refractivity contribution in [1.82, 2.24) is 24.8 Å². The SMILES string of the molecule is COCCOCc1c(C(=O)N(CC(C)C)[C@H]2C[C@@H](CO)CN(C(=O)OC(C)(C)C)C2)nnn1-c1ccccc1C. The van der Waals surface area contributed by atoms with Crippen LogP contribution in [0.15, 0.2) is 24.3 Å². The number of rotatable bonds is 11. The summed E-state index contributed by atoms with van der Waals surface area (Å²) in [6, 6.07) is 7.42. The Morgan fingerprint density at radius 2 is 1.90 bits per heavy atom. The fourth-order valence-electron chi connectivity index (χ4n) is 4.84. The first-order chi connectivity index (χ1) is 18.9. The first-order valence-corrected chi connectivity index (χ1v) is 13.9. The summed E-state index contributed by atoms with van der Waals surface area (Å²) in [6.07, 6.45) is 0.102. The Bertz CT molecular complexity index is 1130. The van der Waals surface area contributed by atoms with Gasteiger partial charge in [-0.25, -0.2) is 9.48 Å². The number of amides is 2. The highest BCUT2D eigenvalue weighted by Gasteiger charge is 2.38. The highest BCUT2D eigenvalue weighted by atomic mass is 16.6. The molecule has 1 aliphatic rings. The molecule has 0 spiro atoms. The Hall–Kier alpha value is -3.02. The molecule has 1 saturated heterocycles. The Kier molecular flexibility index (Phi) is 11.1. The number of hydrogen-bond donors (Lipinski definition) is 1. The minimum absolute atomic E-state index is 0.0957. The number of benzene rings is 1. The molecule has 1 fully saturated rings. The van der Waals surface area contributed by atoms with Crippen LogP contribution in [0.4, 0.5) is 4.79 Å². The number of nitrogens with zero attached hydrogens (tertiary/aromatic N) is 5. The molecule has 3 rings (SSSR count). The van der Waals surface area contributed by atoms with E-state index in [0.29, 0.717) is 45.0 Å². The van der Waals surface area contributed by atoms with Gasteiger partial charge in [0.15, 0.2) is 5.69 Å². The maximum absolute atomic E-state index is 14.3. The highest BCUT2D eigenvalue weighted by molar-refractivity contribution is 5.93. The van der Waals surface area contributed by atoms with E-state index in [4.69, 9.17) is 14.2 Å². The summed E-state index contributed by atoms with van der Waals surface area (Å²) in [5.74, 6) is -0.318. The number of aliphatic hydroxyl groups excluding tert-OH is 1. The van der Waals surface area contributed by atoms with E-state index in [2.05, 4.69) is 10.3 Å². The van der Waals surface area contributed by atoms with Gasteiger partial charge in [0.05, 0.1) is 31.5 Å². The van der Waals surface area contributed by atoms with Gasteiger partial charge in [-0.3, -0.25) is 4.79 Å². The Morgan fingerprint density at radius 1 is 1.18 bits per heavy atom. The van der Waals surface area contributed by atoms with Crippen molar-refractivity contribution < 1.29 is 28.9 Å². The topological polar surface area (TPSA) is 119 Å². The molecule has 0 saturated carbocycles. The van der Waals surface area contributed by atoms with Crippen molar-refractivity contribution in [3.63, 3.8) is 0 Å². The molecule has 2 atom stereocenters. The van der Waals surface area contributed by atoms with Gasteiger partial charge in [-0.1, -0.05) is 37.3 Å². The molecule has 0 aliphatic carbocycles. The zero-order chi connectivity index (χ0) is 29.4. The number of aryl methyl sites for hydroxylation is 1. The number of methoxy groups -OCH3 is 1. The van der Waals surface area contributed by atoms with E-state index in [9.17, 15) is 14.7 Å². The van der Waals surface area contributed by atoms with Crippen molar-refractivity contribution in [2.24, 2.45) is 11.8 Å². The van der Waals surface area contributed by atoms with Gasteiger partial charge in [0.2, 0.25) is 0 Å². The maximum Gasteiger partial charge on any atom is 0.410 e.